The van der Waals surface area contributed by atoms with E-state index in [-0.39, 0.29) is 11.8 Å². The second-order valence-electron chi connectivity index (χ2n) is 7.84. The van der Waals surface area contributed by atoms with Gasteiger partial charge in [-0.1, -0.05) is 50.8 Å². The Morgan fingerprint density at radius 1 is 1.21 bits per heavy atom. The molecule has 7 nitrogen and oxygen atoms in total. The van der Waals surface area contributed by atoms with Crippen molar-refractivity contribution in [1.29, 1.82) is 5.41 Å². The van der Waals surface area contributed by atoms with E-state index in [4.69, 9.17) is 25.6 Å². The molecule has 8 heteroatoms. The van der Waals surface area contributed by atoms with E-state index >= 15 is 0 Å². The van der Waals surface area contributed by atoms with E-state index in [2.05, 4.69) is 54.6 Å². The van der Waals surface area contributed by atoms with Gasteiger partial charge >= 0.3 is 0 Å². The first kappa shape index (κ1) is 24.3. The number of ether oxygens (including phenoxy) is 2. The fraction of sp³-hybridized carbons (Fsp3) is 0.280. The molecule has 1 unspecified atom stereocenters. The van der Waals surface area contributed by atoms with E-state index in [9.17, 15) is 0 Å². The summed E-state index contributed by atoms with van der Waals surface area (Å²) in [6.07, 6.45) is 1.58. The van der Waals surface area contributed by atoms with Gasteiger partial charge in [0.15, 0.2) is 5.16 Å². The van der Waals surface area contributed by atoms with Gasteiger partial charge < -0.3 is 25.1 Å². The standard InChI is InChI=1S/C25H31N5O2S/c1-6-28-24-22(23(26)27)29-25(33-21-14-18(31-4)12-13-20(21)32-5)30(24)15-19(16(2)3)17-10-8-7-9-11-17/h6-14,16,19,28H,1,15H2,2-5H3,(H3,26,27). The lowest BCUT2D eigenvalue weighted by atomic mass is 9.88. The third-order valence-electron chi connectivity index (χ3n) is 5.41. The number of aromatic nitrogens is 2. The number of hydrogen-bond donors (Lipinski definition) is 3. The first-order chi connectivity index (χ1) is 15.9. The van der Waals surface area contributed by atoms with E-state index in [1.54, 1.807) is 20.4 Å². The lowest BCUT2D eigenvalue weighted by Crippen LogP contribution is -2.18. The summed E-state index contributed by atoms with van der Waals surface area (Å²) < 4.78 is 13.0. The van der Waals surface area contributed by atoms with Crippen LogP contribution >= 0.6 is 11.8 Å². The molecule has 0 aliphatic carbocycles. The quantitative estimate of drug-likeness (QED) is 0.261. The molecule has 2 aromatic carbocycles. The van der Waals surface area contributed by atoms with Gasteiger partial charge in [0.2, 0.25) is 0 Å². The number of nitrogens with two attached hydrogens (primary N) is 1. The van der Waals surface area contributed by atoms with Crippen LogP contribution in [-0.2, 0) is 6.54 Å². The number of nitrogen functional groups attached to an aromatic ring is 1. The number of nitrogens with one attached hydrogen (secondary N) is 2. The molecule has 1 aromatic heterocycles. The third-order valence-corrected chi connectivity index (χ3v) is 6.44. The average molecular weight is 466 g/mol. The second-order valence-corrected chi connectivity index (χ2v) is 8.85. The zero-order valence-corrected chi connectivity index (χ0v) is 20.3. The topological polar surface area (TPSA) is 98.2 Å². The first-order valence-electron chi connectivity index (χ1n) is 10.7. The fourth-order valence-electron chi connectivity index (χ4n) is 3.67. The maximum Gasteiger partial charge on any atom is 0.175 e. The van der Waals surface area contributed by atoms with Crippen molar-refractivity contribution in [1.82, 2.24) is 9.55 Å². The van der Waals surface area contributed by atoms with Crippen molar-refractivity contribution in [2.24, 2.45) is 11.7 Å². The maximum atomic E-state index is 8.09. The zero-order chi connectivity index (χ0) is 24.0. The van der Waals surface area contributed by atoms with Crippen LogP contribution in [0.5, 0.6) is 11.5 Å². The lowest BCUT2D eigenvalue weighted by molar-refractivity contribution is 0.394. The predicted molar refractivity (Wildman–Crippen MR) is 135 cm³/mol. The van der Waals surface area contributed by atoms with Crippen LogP contribution in [0.2, 0.25) is 0 Å². The van der Waals surface area contributed by atoms with Crippen LogP contribution in [0.1, 0.15) is 31.0 Å². The molecular formula is C25H31N5O2S. The van der Waals surface area contributed by atoms with Crippen LogP contribution in [0, 0.1) is 11.3 Å². The van der Waals surface area contributed by atoms with E-state index in [1.165, 1.54) is 17.3 Å². The van der Waals surface area contributed by atoms with Gasteiger partial charge in [-0.25, -0.2) is 4.98 Å². The number of imidazole rings is 1. The molecule has 0 amide bonds. The summed E-state index contributed by atoms with van der Waals surface area (Å²) in [6.45, 7) is 8.87. The predicted octanol–water partition coefficient (Wildman–Crippen LogP) is 5.33. The normalized spacial score (nSPS) is 11.8. The second kappa shape index (κ2) is 11.0. The Balaban J connectivity index is 2.13. The van der Waals surface area contributed by atoms with Crippen molar-refractivity contribution in [2.45, 2.75) is 36.4 Å². The molecule has 1 atom stereocenters. The number of amidine groups is 1. The molecule has 3 rings (SSSR count). The summed E-state index contributed by atoms with van der Waals surface area (Å²) in [5.41, 5.74) is 7.53. The first-order valence-corrected chi connectivity index (χ1v) is 11.5. The van der Waals surface area contributed by atoms with Gasteiger partial charge in [-0.2, -0.15) is 0 Å². The Labute approximate surface area is 199 Å². The summed E-state index contributed by atoms with van der Waals surface area (Å²) in [5.74, 6) is 2.55. The Hall–Kier alpha value is -3.39. The largest absolute Gasteiger partial charge is 0.497 e. The van der Waals surface area contributed by atoms with Crippen LogP contribution in [0.3, 0.4) is 0 Å². The Morgan fingerprint density at radius 2 is 1.94 bits per heavy atom. The van der Waals surface area contributed by atoms with Crippen LogP contribution in [0.15, 0.2) is 71.4 Å². The molecule has 0 fully saturated rings. The number of nitrogens with zero attached hydrogens (tertiary/aromatic N) is 2. The molecule has 0 aliphatic heterocycles. The smallest absolute Gasteiger partial charge is 0.175 e. The van der Waals surface area contributed by atoms with E-state index < -0.39 is 0 Å². The fourth-order valence-corrected chi connectivity index (χ4v) is 4.71. The van der Waals surface area contributed by atoms with Gasteiger partial charge in [-0.15, -0.1) is 0 Å². The summed E-state index contributed by atoms with van der Waals surface area (Å²) in [7, 11) is 3.26. The highest BCUT2D eigenvalue weighted by molar-refractivity contribution is 7.99. The van der Waals surface area contributed by atoms with Crippen molar-refractivity contribution < 1.29 is 9.47 Å². The third kappa shape index (κ3) is 5.51. The molecule has 0 saturated heterocycles. The summed E-state index contributed by atoms with van der Waals surface area (Å²) in [5, 5.41) is 11.9. The van der Waals surface area contributed by atoms with E-state index in [0.29, 0.717) is 34.9 Å². The monoisotopic (exact) mass is 465 g/mol. The molecule has 4 N–H and O–H groups in total. The Bertz CT molecular complexity index is 1110. The van der Waals surface area contributed by atoms with Crippen molar-refractivity contribution in [3.05, 3.63) is 72.6 Å². The minimum absolute atomic E-state index is 0.113. The van der Waals surface area contributed by atoms with Crippen molar-refractivity contribution in [3.63, 3.8) is 0 Å². The minimum atomic E-state index is -0.113. The summed E-state index contributed by atoms with van der Waals surface area (Å²) in [6, 6.07) is 16.0. The summed E-state index contributed by atoms with van der Waals surface area (Å²) >= 11 is 1.44. The highest BCUT2D eigenvalue weighted by atomic mass is 32.2. The highest BCUT2D eigenvalue weighted by Gasteiger charge is 2.25. The van der Waals surface area contributed by atoms with Crippen LogP contribution in [-0.4, -0.2) is 29.6 Å². The van der Waals surface area contributed by atoms with Crippen molar-refractivity contribution >= 4 is 23.4 Å². The van der Waals surface area contributed by atoms with Crippen molar-refractivity contribution in [3.8, 4) is 11.5 Å². The van der Waals surface area contributed by atoms with E-state index in [0.717, 1.165) is 10.6 Å². The Kier molecular flexibility index (Phi) is 8.06. The van der Waals surface area contributed by atoms with Crippen molar-refractivity contribution in [2.75, 3.05) is 19.5 Å². The number of anilines is 1. The van der Waals surface area contributed by atoms with Gasteiger partial charge in [-0.05, 0) is 47.6 Å². The molecule has 0 aliphatic rings. The number of methoxy groups -OCH3 is 2. The van der Waals surface area contributed by atoms with Gasteiger partial charge in [0.1, 0.15) is 28.8 Å². The molecular weight excluding hydrogens is 434 g/mol. The van der Waals surface area contributed by atoms with Gasteiger partial charge in [-0.3, -0.25) is 5.41 Å². The van der Waals surface area contributed by atoms with Crippen LogP contribution in [0.25, 0.3) is 0 Å². The van der Waals surface area contributed by atoms with Gasteiger partial charge in [0.05, 0.1) is 19.1 Å². The molecule has 1 heterocycles. The summed E-state index contributed by atoms with van der Waals surface area (Å²) in [4.78, 5) is 5.58. The zero-order valence-electron chi connectivity index (χ0n) is 19.5. The van der Waals surface area contributed by atoms with Crippen LogP contribution in [0.4, 0.5) is 5.82 Å². The molecule has 0 bridgehead atoms. The molecule has 174 valence electrons. The Morgan fingerprint density at radius 3 is 2.52 bits per heavy atom. The SMILES string of the molecule is C=CNc1c(C(=N)N)nc(Sc2cc(OC)ccc2OC)n1CC(c1ccccc1)C(C)C. The lowest BCUT2D eigenvalue weighted by Gasteiger charge is -2.24. The van der Waals surface area contributed by atoms with Gasteiger partial charge in [0, 0.05) is 12.5 Å². The average Bonchev–Trinajstić information content (AvgIpc) is 3.15. The van der Waals surface area contributed by atoms with Gasteiger partial charge in [0.25, 0.3) is 0 Å². The number of rotatable bonds is 11. The van der Waals surface area contributed by atoms with E-state index in [1.807, 2.05) is 24.3 Å². The highest BCUT2D eigenvalue weighted by Crippen LogP contribution is 2.40. The molecule has 0 spiro atoms. The van der Waals surface area contributed by atoms with Crippen LogP contribution < -0.4 is 20.5 Å². The molecule has 33 heavy (non-hydrogen) atoms. The minimum Gasteiger partial charge on any atom is -0.497 e. The molecule has 0 radical (unpaired) electrons. The molecule has 3 aromatic rings. The number of benzene rings is 2. The molecule has 0 saturated carbocycles. The number of hydrogen-bond acceptors (Lipinski definition) is 6. The maximum absolute atomic E-state index is 8.09.